The summed E-state index contributed by atoms with van der Waals surface area (Å²) in [7, 11) is 0. The fourth-order valence-corrected chi connectivity index (χ4v) is 2.12. The number of ether oxygens (including phenoxy) is 1. The SMILES string of the molecule is C[C@@](C#N)(NC(=O)COC(=O)c1ccc(C=O)cc1)C1CC1. The standard InChI is InChI=1S/C16H16N2O4/c1-16(10-17,13-6-7-13)18-14(20)9-22-15(21)12-4-2-11(8-19)3-5-12/h2-5,8,13H,6-7,9H2,1H3,(H,18,20)/t16-/m0/s1. The highest BCUT2D eigenvalue weighted by molar-refractivity contribution is 5.92. The Balaban J connectivity index is 1.86. The van der Waals surface area contributed by atoms with Crippen LogP contribution in [0.25, 0.3) is 0 Å². The zero-order valence-corrected chi connectivity index (χ0v) is 12.2. The van der Waals surface area contributed by atoms with Crippen LogP contribution in [0, 0.1) is 17.2 Å². The lowest BCUT2D eigenvalue weighted by Gasteiger charge is -2.22. The van der Waals surface area contributed by atoms with Crippen molar-refractivity contribution in [1.29, 1.82) is 5.26 Å². The maximum atomic E-state index is 11.8. The van der Waals surface area contributed by atoms with E-state index in [1.54, 1.807) is 6.92 Å². The van der Waals surface area contributed by atoms with Gasteiger partial charge in [-0.25, -0.2) is 4.79 Å². The van der Waals surface area contributed by atoms with Crippen LogP contribution >= 0.6 is 0 Å². The van der Waals surface area contributed by atoms with E-state index in [2.05, 4.69) is 11.4 Å². The molecule has 0 aromatic heterocycles. The average molecular weight is 300 g/mol. The summed E-state index contributed by atoms with van der Waals surface area (Å²) in [4.78, 5) is 34.1. The van der Waals surface area contributed by atoms with Crippen LogP contribution in [0.15, 0.2) is 24.3 Å². The van der Waals surface area contributed by atoms with Gasteiger partial charge in [0.2, 0.25) is 0 Å². The molecule has 0 heterocycles. The average Bonchev–Trinajstić information content (AvgIpc) is 3.38. The second kappa shape index (κ2) is 6.39. The first-order chi connectivity index (χ1) is 10.5. The normalized spacial score (nSPS) is 16.0. The molecule has 0 unspecified atom stereocenters. The molecule has 1 saturated carbocycles. The summed E-state index contributed by atoms with van der Waals surface area (Å²) in [5, 5.41) is 11.8. The molecule has 0 aliphatic heterocycles. The number of carbonyl (C=O) groups is 3. The molecule has 1 amide bonds. The number of amides is 1. The number of benzene rings is 1. The fourth-order valence-electron chi connectivity index (χ4n) is 2.12. The third kappa shape index (κ3) is 3.70. The van der Waals surface area contributed by atoms with E-state index in [-0.39, 0.29) is 11.5 Å². The van der Waals surface area contributed by atoms with Crippen LogP contribution in [0.5, 0.6) is 0 Å². The molecule has 2 rings (SSSR count). The van der Waals surface area contributed by atoms with Gasteiger partial charge in [0, 0.05) is 5.56 Å². The molecule has 22 heavy (non-hydrogen) atoms. The van der Waals surface area contributed by atoms with Crippen molar-refractivity contribution in [3.63, 3.8) is 0 Å². The summed E-state index contributed by atoms with van der Waals surface area (Å²) in [6.45, 7) is 1.22. The van der Waals surface area contributed by atoms with E-state index in [4.69, 9.17) is 10.00 Å². The number of esters is 1. The lowest BCUT2D eigenvalue weighted by molar-refractivity contribution is -0.125. The lowest BCUT2D eigenvalue weighted by atomic mass is 9.98. The molecule has 0 saturated heterocycles. The zero-order chi connectivity index (χ0) is 16.2. The predicted molar refractivity (Wildman–Crippen MR) is 77.0 cm³/mol. The molecule has 1 aliphatic rings. The third-order valence-electron chi connectivity index (χ3n) is 3.64. The molecular formula is C16H16N2O4. The maximum Gasteiger partial charge on any atom is 0.338 e. The number of nitrogens with one attached hydrogen (secondary N) is 1. The first kappa shape index (κ1) is 15.7. The second-order valence-corrected chi connectivity index (χ2v) is 5.45. The van der Waals surface area contributed by atoms with Gasteiger partial charge in [-0.1, -0.05) is 12.1 Å². The molecule has 0 bridgehead atoms. The van der Waals surface area contributed by atoms with Gasteiger partial charge >= 0.3 is 5.97 Å². The molecule has 1 N–H and O–H groups in total. The van der Waals surface area contributed by atoms with Gasteiger partial charge in [0.1, 0.15) is 11.8 Å². The topological polar surface area (TPSA) is 96.3 Å². The monoisotopic (exact) mass is 300 g/mol. The van der Waals surface area contributed by atoms with E-state index >= 15 is 0 Å². The zero-order valence-electron chi connectivity index (χ0n) is 12.2. The van der Waals surface area contributed by atoms with Crippen molar-refractivity contribution in [2.45, 2.75) is 25.3 Å². The van der Waals surface area contributed by atoms with E-state index in [0.29, 0.717) is 11.8 Å². The van der Waals surface area contributed by atoms with Crippen LogP contribution < -0.4 is 5.32 Å². The van der Waals surface area contributed by atoms with Crippen LogP contribution in [-0.4, -0.2) is 30.3 Å². The van der Waals surface area contributed by atoms with Gasteiger partial charge in [-0.15, -0.1) is 0 Å². The van der Waals surface area contributed by atoms with Crippen molar-refractivity contribution in [2.24, 2.45) is 5.92 Å². The minimum absolute atomic E-state index is 0.160. The predicted octanol–water partition coefficient (Wildman–Crippen LogP) is 1.46. The minimum Gasteiger partial charge on any atom is -0.452 e. The smallest absolute Gasteiger partial charge is 0.338 e. The van der Waals surface area contributed by atoms with Gasteiger partial charge in [0.15, 0.2) is 6.61 Å². The Bertz CT molecular complexity index is 629. The lowest BCUT2D eigenvalue weighted by Crippen LogP contribution is -2.48. The van der Waals surface area contributed by atoms with E-state index in [1.807, 2.05) is 0 Å². The number of aldehydes is 1. The van der Waals surface area contributed by atoms with Crippen molar-refractivity contribution in [3.05, 3.63) is 35.4 Å². The van der Waals surface area contributed by atoms with Crippen molar-refractivity contribution < 1.29 is 19.1 Å². The molecule has 1 aromatic rings. The summed E-state index contributed by atoms with van der Waals surface area (Å²) in [6.07, 6.45) is 2.49. The summed E-state index contributed by atoms with van der Waals surface area (Å²) < 4.78 is 4.91. The number of rotatable bonds is 6. The van der Waals surface area contributed by atoms with Crippen molar-refractivity contribution in [1.82, 2.24) is 5.32 Å². The van der Waals surface area contributed by atoms with E-state index in [1.165, 1.54) is 24.3 Å². The minimum atomic E-state index is -0.908. The van der Waals surface area contributed by atoms with Crippen molar-refractivity contribution in [2.75, 3.05) is 6.61 Å². The molecule has 1 aromatic carbocycles. The van der Waals surface area contributed by atoms with Crippen LogP contribution in [-0.2, 0) is 9.53 Å². The largest absolute Gasteiger partial charge is 0.452 e. The maximum absolute atomic E-state index is 11.8. The Hall–Kier alpha value is -2.68. The number of carbonyl (C=O) groups excluding carboxylic acids is 3. The first-order valence-corrected chi connectivity index (χ1v) is 6.93. The molecule has 6 nitrogen and oxygen atoms in total. The number of hydrogen-bond donors (Lipinski definition) is 1. The highest BCUT2D eigenvalue weighted by Crippen LogP contribution is 2.39. The van der Waals surface area contributed by atoms with Crippen molar-refractivity contribution >= 4 is 18.2 Å². The Labute approximate surface area is 128 Å². The Kier molecular flexibility index (Phi) is 4.56. The van der Waals surface area contributed by atoms with Crippen LogP contribution in [0.1, 0.15) is 40.5 Å². The Morgan fingerprint density at radius 2 is 2.05 bits per heavy atom. The van der Waals surface area contributed by atoms with Gasteiger partial charge in [0.25, 0.3) is 5.91 Å². The van der Waals surface area contributed by atoms with Gasteiger partial charge < -0.3 is 10.1 Å². The summed E-state index contributed by atoms with van der Waals surface area (Å²) in [5.74, 6) is -1.00. The van der Waals surface area contributed by atoms with Crippen LogP contribution in [0.3, 0.4) is 0 Å². The molecule has 1 aliphatic carbocycles. The van der Waals surface area contributed by atoms with Crippen LogP contribution in [0.2, 0.25) is 0 Å². The first-order valence-electron chi connectivity index (χ1n) is 6.93. The Morgan fingerprint density at radius 1 is 1.41 bits per heavy atom. The van der Waals surface area contributed by atoms with E-state index < -0.39 is 24.0 Å². The molecular weight excluding hydrogens is 284 g/mol. The highest BCUT2D eigenvalue weighted by Gasteiger charge is 2.43. The number of nitriles is 1. The van der Waals surface area contributed by atoms with E-state index in [9.17, 15) is 14.4 Å². The summed E-state index contributed by atoms with van der Waals surface area (Å²) in [6, 6.07) is 7.98. The Morgan fingerprint density at radius 3 is 2.55 bits per heavy atom. The highest BCUT2D eigenvalue weighted by atomic mass is 16.5. The quantitative estimate of drug-likeness (QED) is 0.634. The summed E-state index contributed by atoms with van der Waals surface area (Å²) >= 11 is 0. The van der Waals surface area contributed by atoms with Crippen LogP contribution in [0.4, 0.5) is 0 Å². The van der Waals surface area contributed by atoms with Gasteiger partial charge in [0.05, 0.1) is 11.6 Å². The molecule has 0 radical (unpaired) electrons. The second-order valence-electron chi connectivity index (χ2n) is 5.45. The molecule has 6 heteroatoms. The summed E-state index contributed by atoms with van der Waals surface area (Å²) in [5.41, 5.74) is -0.207. The number of hydrogen-bond acceptors (Lipinski definition) is 5. The molecule has 0 spiro atoms. The van der Waals surface area contributed by atoms with Gasteiger partial charge in [-0.05, 0) is 37.8 Å². The molecule has 1 fully saturated rings. The van der Waals surface area contributed by atoms with Gasteiger partial charge in [-0.3, -0.25) is 9.59 Å². The molecule has 114 valence electrons. The van der Waals surface area contributed by atoms with E-state index in [0.717, 1.165) is 12.8 Å². The van der Waals surface area contributed by atoms with Crippen molar-refractivity contribution in [3.8, 4) is 6.07 Å². The number of nitrogens with zero attached hydrogens (tertiary/aromatic N) is 1. The van der Waals surface area contributed by atoms with Gasteiger partial charge in [-0.2, -0.15) is 5.26 Å². The third-order valence-corrected chi connectivity index (χ3v) is 3.64. The molecule has 1 atom stereocenters. The fraction of sp³-hybridized carbons (Fsp3) is 0.375.